The third-order valence-electron chi connectivity index (χ3n) is 10.4. The van der Waals surface area contributed by atoms with Crippen LogP contribution >= 0.6 is 0 Å². The smallest absolute Gasteiger partial charge is 0.329 e. The number of likely N-dealkylation sites (tertiary alicyclic amines) is 1. The van der Waals surface area contributed by atoms with E-state index in [0.717, 1.165) is 74.6 Å². The molecule has 0 N–H and O–H groups in total. The monoisotopic (exact) mass is 712 g/mol. The number of hydrogen-bond donors (Lipinski definition) is 0. The largest absolute Gasteiger partial charge is 0.493 e. The molecule has 52 heavy (non-hydrogen) atoms. The Hall–Kier alpha value is -4.34. The fourth-order valence-electron chi connectivity index (χ4n) is 7.26. The van der Waals surface area contributed by atoms with E-state index in [1.807, 2.05) is 43.3 Å². The maximum absolute atomic E-state index is 14.4. The number of amides is 1. The van der Waals surface area contributed by atoms with Crippen molar-refractivity contribution in [3.63, 3.8) is 0 Å². The lowest BCUT2D eigenvalue weighted by Crippen LogP contribution is -2.50. The molecule has 0 spiro atoms. The zero-order chi connectivity index (χ0) is 37.0. The molecule has 0 unspecified atom stereocenters. The molecule has 280 valence electrons. The molecule has 3 aromatic carbocycles. The first-order valence-electron chi connectivity index (χ1n) is 18.7. The van der Waals surface area contributed by atoms with E-state index in [0.29, 0.717) is 43.9 Å². The molecule has 2 aliphatic heterocycles. The van der Waals surface area contributed by atoms with Crippen LogP contribution in [0, 0.1) is 20.8 Å². The van der Waals surface area contributed by atoms with Gasteiger partial charge in [0.2, 0.25) is 5.91 Å². The molecule has 3 atom stereocenters. The first kappa shape index (κ1) is 38.9. The van der Waals surface area contributed by atoms with Gasteiger partial charge in [-0.1, -0.05) is 42.5 Å². The molecule has 0 aromatic heterocycles. The average molecular weight is 713 g/mol. The molecule has 0 aliphatic carbocycles. The molecule has 0 radical (unpaired) electrons. The molecule has 9 heteroatoms. The highest BCUT2D eigenvalue weighted by Crippen LogP contribution is 2.37. The van der Waals surface area contributed by atoms with Crippen LogP contribution in [0.25, 0.3) is 0 Å². The van der Waals surface area contributed by atoms with Crippen molar-refractivity contribution in [2.24, 2.45) is 0 Å². The number of methoxy groups -OCH3 is 2. The second-order valence-corrected chi connectivity index (χ2v) is 14.0. The predicted octanol–water partition coefficient (Wildman–Crippen LogP) is 7.30. The summed E-state index contributed by atoms with van der Waals surface area (Å²) in [4.78, 5) is 32.8. The van der Waals surface area contributed by atoms with Crippen molar-refractivity contribution >= 4 is 11.9 Å². The van der Waals surface area contributed by atoms with Crippen molar-refractivity contribution in [1.29, 1.82) is 0 Å². The van der Waals surface area contributed by atoms with Gasteiger partial charge in [0.1, 0.15) is 24.5 Å². The number of esters is 1. The Bertz CT molecular complexity index is 1670. The molecule has 2 saturated heterocycles. The van der Waals surface area contributed by atoms with Crippen molar-refractivity contribution in [3.05, 3.63) is 101 Å². The lowest BCUT2D eigenvalue weighted by atomic mass is 9.90. The minimum atomic E-state index is -0.688. The Labute approximate surface area is 309 Å². The molecular weight excluding hydrogens is 656 g/mol. The van der Waals surface area contributed by atoms with Crippen LogP contribution in [0.5, 0.6) is 17.2 Å². The van der Waals surface area contributed by atoms with Gasteiger partial charge in [0.25, 0.3) is 0 Å². The van der Waals surface area contributed by atoms with Crippen LogP contribution in [0.3, 0.4) is 0 Å². The molecule has 2 heterocycles. The first-order valence-corrected chi connectivity index (χ1v) is 18.7. The van der Waals surface area contributed by atoms with Crippen LogP contribution in [0.1, 0.15) is 77.5 Å². The second-order valence-electron chi connectivity index (χ2n) is 14.0. The summed E-state index contributed by atoms with van der Waals surface area (Å²) < 4.78 is 29.3. The molecule has 9 nitrogen and oxygen atoms in total. The van der Waals surface area contributed by atoms with E-state index in [9.17, 15) is 9.59 Å². The zero-order valence-electron chi connectivity index (χ0n) is 31.7. The fraction of sp³-hybridized carbons (Fsp3) is 0.488. The van der Waals surface area contributed by atoms with Crippen LogP contribution in [-0.2, 0) is 25.5 Å². The summed E-state index contributed by atoms with van der Waals surface area (Å²) in [6, 6.07) is 17.5. The highest BCUT2D eigenvalue weighted by molar-refractivity contribution is 5.89. The molecule has 2 fully saturated rings. The molecule has 0 saturated carbocycles. The van der Waals surface area contributed by atoms with E-state index >= 15 is 0 Å². The molecule has 2 aliphatic rings. The number of hydrogen-bond acceptors (Lipinski definition) is 8. The second kappa shape index (κ2) is 18.9. The van der Waals surface area contributed by atoms with E-state index in [1.165, 1.54) is 16.7 Å². The summed E-state index contributed by atoms with van der Waals surface area (Å²) in [6.07, 6.45) is 5.18. The molecule has 5 rings (SSSR count). The Balaban J connectivity index is 1.36. The Morgan fingerprint density at radius 2 is 1.73 bits per heavy atom. The lowest BCUT2D eigenvalue weighted by Gasteiger charge is -2.37. The summed E-state index contributed by atoms with van der Waals surface area (Å²) in [5, 5.41) is 0. The molecular formula is C43H56N2O7. The summed E-state index contributed by atoms with van der Waals surface area (Å²) in [7, 11) is 3.19. The van der Waals surface area contributed by atoms with Crippen molar-refractivity contribution in [3.8, 4) is 17.2 Å². The van der Waals surface area contributed by atoms with Gasteiger partial charge in [0.15, 0.2) is 11.5 Å². The first-order chi connectivity index (χ1) is 25.2. The summed E-state index contributed by atoms with van der Waals surface area (Å²) >= 11 is 0. The summed E-state index contributed by atoms with van der Waals surface area (Å²) in [5.41, 5.74) is 6.21. The molecule has 3 aromatic rings. The number of piperidine rings is 1. The van der Waals surface area contributed by atoms with Crippen LogP contribution < -0.4 is 14.2 Å². The van der Waals surface area contributed by atoms with E-state index in [-0.39, 0.29) is 11.9 Å². The van der Waals surface area contributed by atoms with Gasteiger partial charge < -0.3 is 28.6 Å². The van der Waals surface area contributed by atoms with Gasteiger partial charge in [0, 0.05) is 26.2 Å². The normalized spacial score (nSPS) is 17.6. The zero-order valence-corrected chi connectivity index (χ0v) is 31.7. The van der Waals surface area contributed by atoms with Gasteiger partial charge in [-0.05, 0) is 111 Å². The molecule has 0 bridgehead atoms. The van der Waals surface area contributed by atoms with Crippen LogP contribution in [-0.4, -0.2) is 87.9 Å². The van der Waals surface area contributed by atoms with Crippen LogP contribution in [0.15, 0.2) is 67.3 Å². The Morgan fingerprint density at radius 3 is 2.46 bits per heavy atom. The number of morpholine rings is 1. The number of nitrogens with zero attached hydrogens (tertiary/aromatic N) is 2. The average Bonchev–Trinajstić information content (AvgIpc) is 3.16. The maximum Gasteiger partial charge on any atom is 0.329 e. The number of ether oxygens (including phenoxy) is 5. The standard InChI is InChI=1S/C43H56N2O7/c1-7-11-37(35-27-32(4)41(49-6)40(29-35)48-5)42(46)45-19-9-8-14-38(45)43(47)52-39(18-17-33-16-15-30(2)31(3)26-33)34-12-10-13-36(28-34)51-25-22-44-20-23-50-24-21-44/h7,10,12-13,15-16,26-29,37-39H,1,8-9,11,14,17-25H2,2-6H3/t37-,38-,39+/m0/s1. The lowest BCUT2D eigenvalue weighted by molar-refractivity contribution is -0.162. The van der Waals surface area contributed by atoms with Gasteiger partial charge in [0.05, 0.1) is 33.4 Å². The summed E-state index contributed by atoms with van der Waals surface area (Å²) in [5.74, 6) is 0.913. The highest BCUT2D eigenvalue weighted by atomic mass is 16.5. The van der Waals surface area contributed by atoms with E-state index < -0.39 is 18.1 Å². The Kier molecular flexibility index (Phi) is 14.2. The van der Waals surface area contributed by atoms with Gasteiger partial charge in [-0.2, -0.15) is 0 Å². The SMILES string of the molecule is C=CC[C@H](C(=O)N1CCCC[C@H]1C(=O)O[C@H](CCc1ccc(C)c(C)c1)c1cccc(OCCN2CCOCC2)c1)c1cc(C)c(OC)c(OC)c1. The topological polar surface area (TPSA) is 86.8 Å². The number of aryl methyl sites for hydroxylation is 4. The van der Waals surface area contributed by atoms with Gasteiger partial charge in [-0.25, -0.2) is 4.79 Å². The van der Waals surface area contributed by atoms with Crippen molar-refractivity contribution in [2.75, 3.05) is 60.2 Å². The van der Waals surface area contributed by atoms with Crippen LogP contribution in [0.4, 0.5) is 0 Å². The predicted molar refractivity (Wildman–Crippen MR) is 203 cm³/mol. The quantitative estimate of drug-likeness (QED) is 0.113. The van der Waals surface area contributed by atoms with Crippen molar-refractivity contribution in [2.45, 2.75) is 77.4 Å². The minimum Gasteiger partial charge on any atom is -0.493 e. The Morgan fingerprint density at radius 1 is 0.923 bits per heavy atom. The summed E-state index contributed by atoms with van der Waals surface area (Å²) in [6.45, 7) is 15.3. The highest BCUT2D eigenvalue weighted by Gasteiger charge is 2.38. The van der Waals surface area contributed by atoms with Gasteiger partial charge >= 0.3 is 5.97 Å². The third-order valence-corrected chi connectivity index (χ3v) is 10.4. The van der Waals surface area contributed by atoms with Crippen molar-refractivity contribution < 1.29 is 33.3 Å². The molecule has 1 amide bonds. The number of carbonyl (C=O) groups excluding carboxylic acids is 2. The van der Waals surface area contributed by atoms with E-state index in [2.05, 4.69) is 43.5 Å². The van der Waals surface area contributed by atoms with Crippen LogP contribution in [0.2, 0.25) is 0 Å². The number of allylic oxidation sites excluding steroid dienone is 1. The number of benzene rings is 3. The van der Waals surface area contributed by atoms with Gasteiger partial charge in [-0.3, -0.25) is 9.69 Å². The van der Waals surface area contributed by atoms with Crippen molar-refractivity contribution in [1.82, 2.24) is 9.80 Å². The third kappa shape index (κ3) is 9.95. The maximum atomic E-state index is 14.4. The van der Waals surface area contributed by atoms with E-state index in [1.54, 1.807) is 25.2 Å². The number of rotatable bonds is 16. The number of carbonyl (C=O) groups is 2. The fourth-order valence-corrected chi connectivity index (χ4v) is 7.26. The van der Waals surface area contributed by atoms with E-state index in [4.69, 9.17) is 23.7 Å². The van der Waals surface area contributed by atoms with Gasteiger partial charge in [-0.15, -0.1) is 6.58 Å². The minimum absolute atomic E-state index is 0.115.